The normalized spacial score (nSPS) is 13.2. The van der Waals surface area contributed by atoms with Crippen LogP contribution in [0.2, 0.25) is 0 Å². The Labute approximate surface area is 328 Å². The number of benzene rings is 8. The molecule has 2 aliphatic rings. The number of fused-ring (bicyclic) bond motifs is 12. The number of rotatable bonds is 4. The molecule has 0 N–H and O–H groups in total. The van der Waals surface area contributed by atoms with Crippen molar-refractivity contribution in [3.05, 3.63) is 210 Å². The summed E-state index contributed by atoms with van der Waals surface area (Å²) in [6, 6.07) is 65.6. The molecule has 1 aliphatic heterocycles. The van der Waals surface area contributed by atoms with Crippen molar-refractivity contribution in [2.75, 3.05) is 0 Å². The minimum atomic E-state index is -0.638. The number of hydrogen-bond acceptors (Lipinski definition) is 5. The van der Waals surface area contributed by atoms with Crippen molar-refractivity contribution in [1.29, 1.82) is 0 Å². The molecule has 0 unspecified atom stereocenters. The monoisotopic (exact) mass is 729 g/mol. The highest BCUT2D eigenvalue weighted by Crippen LogP contribution is 2.62. The van der Waals surface area contributed by atoms with Gasteiger partial charge in [0.15, 0.2) is 17.5 Å². The van der Waals surface area contributed by atoms with E-state index in [9.17, 15) is 0 Å². The Kier molecular flexibility index (Phi) is 6.78. The first-order valence-corrected chi connectivity index (χ1v) is 19.2. The van der Waals surface area contributed by atoms with Crippen LogP contribution in [0.25, 0.3) is 78.4 Å². The highest BCUT2D eigenvalue weighted by molar-refractivity contribution is 6.06. The maximum atomic E-state index is 6.66. The van der Waals surface area contributed by atoms with Crippen LogP contribution < -0.4 is 4.74 Å². The fourth-order valence-corrected chi connectivity index (χ4v) is 9.07. The summed E-state index contributed by atoms with van der Waals surface area (Å²) in [6.07, 6.45) is 0. The zero-order valence-corrected chi connectivity index (χ0v) is 30.6. The number of aromatic nitrogens is 3. The van der Waals surface area contributed by atoms with Gasteiger partial charge in [0.25, 0.3) is 0 Å². The Balaban J connectivity index is 1.11. The highest BCUT2D eigenvalue weighted by atomic mass is 16.5. The van der Waals surface area contributed by atoms with E-state index in [4.69, 9.17) is 24.1 Å². The fourth-order valence-electron chi connectivity index (χ4n) is 9.07. The number of ether oxygens (including phenoxy) is 1. The second kappa shape index (κ2) is 12.2. The van der Waals surface area contributed by atoms with Crippen LogP contribution in [0.3, 0.4) is 0 Å². The molecular formula is C52H31N3O2. The molecule has 0 radical (unpaired) electrons. The zero-order valence-electron chi connectivity index (χ0n) is 30.6. The molecule has 0 fully saturated rings. The molecule has 0 atom stereocenters. The molecule has 266 valence electrons. The van der Waals surface area contributed by atoms with Gasteiger partial charge in [0, 0.05) is 38.6 Å². The van der Waals surface area contributed by atoms with E-state index in [1.165, 1.54) is 11.1 Å². The highest BCUT2D eigenvalue weighted by Gasteiger charge is 2.51. The van der Waals surface area contributed by atoms with E-state index in [1.54, 1.807) is 0 Å². The van der Waals surface area contributed by atoms with E-state index in [1.807, 2.05) is 72.8 Å². The first-order chi connectivity index (χ1) is 28.2. The molecular weight excluding hydrogens is 699 g/mol. The Hall–Kier alpha value is -7.63. The molecule has 1 spiro atoms. The summed E-state index contributed by atoms with van der Waals surface area (Å²) in [4.78, 5) is 15.2. The van der Waals surface area contributed by atoms with E-state index >= 15 is 0 Å². The second-order valence-corrected chi connectivity index (χ2v) is 14.7. The van der Waals surface area contributed by atoms with Crippen LogP contribution in [0, 0.1) is 0 Å². The van der Waals surface area contributed by atoms with E-state index in [0.29, 0.717) is 17.5 Å². The standard InChI is InChI=1S/C52H31N3O2/c1-3-13-32(14-4-1)49-53-50(33-15-5-2-6-16-33)55-51(54-49)36-24-27-41-39(30-36)37-26-23-35(34-25-28-46-40(29-34)38-17-7-10-20-45(38)56-46)31-44(37)52(41)42-18-8-11-21-47(42)57-48-22-12-9-19-43(48)52/h1-31H. The van der Waals surface area contributed by atoms with Crippen molar-refractivity contribution in [1.82, 2.24) is 15.0 Å². The van der Waals surface area contributed by atoms with Crippen LogP contribution in [0.15, 0.2) is 192 Å². The largest absolute Gasteiger partial charge is 0.457 e. The summed E-state index contributed by atoms with van der Waals surface area (Å²) in [7, 11) is 0. The minimum absolute atomic E-state index is 0.623. The van der Waals surface area contributed by atoms with Crippen LogP contribution in [-0.4, -0.2) is 15.0 Å². The average molecular weight is 730 g/mol. The third-order valence-corrected chi connectivity index (χ3v) is 11.6. The van der Waals surface area contributed by atoms with Crippen molar-refractivity contribution in [3.63, 3.8) is 0 Å². The summed E-state index contributed by atoms with van der Waals surface area (Å²) in [5, 5.41) is 2.22. The van der Waals surface area contributed by atoms with Gasteiger partial charge in [0.1, 0.15) is 22.7 Å². The molecule has 0 saturated carbocycles. The van der Waals surface area contributed by atoms with Crippen LogP contribution in [0.4, 0.5) is 0 Å². The van der Waals surface area contributed by atoms with Crippen LogP contribution in [0.5, 0.6) is 11.5 Å². The minimum Gasteiger partial charge on any atom is -0.457 e. The van der Waals surface area contributed by atoms with E-state index < -0.39 is 5.41 Å². The second-order valence-electron chi connectivity index (χ2n) is 14.7. The van der Waals surface area contributed by atoms with Crippen molar-refractivity contribution in [2.24, 2.45) is 0 Å². The molecule has 3 heterocycles. The van der Waals surface area contributed by atoms with Crippen LogP contribution >= 0.6 is 0 Å². The Bertz CT molecular complexity index is 3120. The number of hydrogen-bond donors (Lipinski definition) is 0. The van der Waals surface area contributed by atoms with Gasteiger partial charge in [-0.3, -0.25) is 0 Å². The molecule has 0 saturated heterocycles. The lowest BCUT2D eigenvalue weighted by molar-refractivity contribution is 0.436. The lowest BCUT2D eigenvalue weighted by Gasteiger charge is -2.39. The molecule has 12 rings (SSSR count). The van der Waals surface area contributed by atoms with Gasteiger partial charge >= 0.3 is 0 Å². The van der Waals surface area contributed by atoms with Gasteiger partial charge in [-0.2, -0.15) is 0 Å². The molecule has 8 aromatic carbocycles. The molecule has 5 heteroatoms. The van der Waals surface area contributed by atoms with Crippen molar-refractivity contribution >= 4 is 21.9 Å². The van der Waals surface area contributed by atoms with E-state index in [-0.39, 0.29) is 0 Å². The van der Waals surface area contributed by atoms with Crippen LogP contribution in [-0.2, 0) is 5.41 Å². The van der Waals surface area contributed by atoms with Gasteiger partial charge in [-0.1, -0.05) is 146 Å². The molecule has 1 aliphatic carbocycles. The third kappa shape index (κ3) is 4.72. The molecule has 10 aromatic rings. The summed E-state index contributed by atoms with van der Waals surface area (Å²) >= 11 is 0. The van der Waals surface area contributed by atoms with Crippen molar-refractivity contribution in [2.45, 2.75) is 5.41 Å². The van der Waals surface area contributed by atoms with Gasteiger partial charge < -0.3 is 9.15 Å². The SMILES string of the molecule is c1ccc(-c2nc(-c3ccccc3)nc(-c3ccc4c(c3)-c3ccc(-c5ccc6oc7ccccc7c6c5)cc3C43c4ccccc4Oc4ccccc43)n2)cc1. The molecule has 2 aromatic heterocycles. The Morgan fingerprint density at radius 1 is 0.333 bits per heavy atom. The maximum Gasteiger partial charge on any atom is 0.164 e. The third-order valence-electron chi connectivity index (χ3n) is 11.6. The summed E-state index contributed by atoms with van der Waals surface area (Å²) in [5.74, 6) is 3.60. The van der Waals surface area contributed by atoms with Crippen LogP contribution in [0.1, 0.15) is 22.3 Å². The van der Waals surface area contributed by atoms with Gasteiger partial charge in [-0.05, 0) is 75.8 Å². The number of para-hydroxylation sites is 3. The maximum absolute atomic E-state index is 6.66. The Morgan fingerprint density at radius 3 is 1.58 bits per heavy atom. The molecule has 5 nitrogen and oxygen atoms in total. The predicted octanol–water partition coefficient (Wildman–Crippen LogP) is 12.9. The topological polar surface area (TPSA) is 61.0 Å². The number of furan rings is 1. The summed E-state index contributed by atoms with van der Waals surface area (Å²) < 4.78 is 12.9. The van der Waals surface area contributed by atoms with Gasteiger partial charge in [-0.15, -0.1) is 0 Å². The van der Waals surface area contributed by atoms with Crippen molar-refractivity contribution < 1.29 is 9.15 Å². The van der Waals surface area contributed by atoms with E-state index in [0.717, 1.165) is 83.5 Å². The molecule has 57 heavy (non-hydrogen) atoms. The summed E-state index contributed by atoms with van der Waals surface area (Å²) in [5.41, 5.74) is 13.1. The fraction of sp³-hybridized carbons (Fsp3) is 0.0192. The smallest absolute Gasteiger partial charge is 0.164 e. The van der Waals surface area contributed by atoms with Gasteiger partial charge in [0.2, 0.25) is 0 Å². The van der Waals surface area contributed by atoms with Gasteiger partial charge in [-0.25, -0.2) is 15.0 Å². The average Bonchev–Trinajstić information content (AvgIpc) is 3.80. The van der Waals surface area contributed by atoms with Gasteiger partial charge in [0.05, 0.1) is 5.41 Å². The quantitative estimate of drug-likeness (QED) is 0.180. The predicted molar refractivity (Wildman–Crippen MR) is 226 cm³/mol. The first kappa shape index (κ1) is 31.7. The van der Waals surface area contributed by atoms with E-state index in [2.05, 4.69) is 115 Å². The summed E-state index contributed by atoms with van der Waals surface area (Å²) in [6.45, 7) is 0. The zero-order chi connectivity index (χ0) is 37.5. The molecule has 0 amide bonds. The first-order valence-electron chi connectivity index (χ1n) is 19.2. The lowest BCUT2D eigenvalue weighted by Crippen LogP contribution is -2.32. The Morgan fingerprint density at radius 2 is 0.877 bits per heavy atom. The molecule has 0 bridgehead atoms. The lowest BCUT2D eigenvalue weighted by atomic mass is 9.66. The van der Waals surface area contributed by atoms with Crippen molar-refractivity contribution in [3.8, 4) is 67.9 Å². The number of nitrogens with zero attached hydrogens (tertiary/aromatic N) is 3.